The standard InChI is InChI=1S/C20H25NO.C20H25NS.C19H22N2O3.C19H24N2O.C19H23NO/c2*1-13(21-12-17-4-2-3-5-18(17)19(21)22)20-9-14-6-15(10-20)8-16(7-14)11-20;22-18-15-2-1-3-17(21(23)24)16(15)10-20(18)11-19-7-12-4-13(8-19)6-14(5-12)9-19;20-17-3-1-2-15-16(17)10-21(18(15)22)11-19-7-12-4-13(8-19)6-14(5-12)9-19;21-18-17-4-2-1-3-16(17)11-20(18)12-19-8-13-5-14(9-19)7-15(6-13)10-19/h2*2-5,13-16H,6-12H2,1H3;1-3,12-14H,4-11H2;1-3,12-14H,4-11,20H2;1-4,13-15H,5-12H2. The third kappa shape index (κ3) is 12.7. The minimum Gasteiger partial charge on any atom is -0.398 e. The highest BCUT2D eigenvalue weighted by Gasteiger charge is 2.60. The Hall–Kier alpha value is -6.93. The molecule has 2 unspecified atom stereocenters. The lowest BCUT2D eigenvalue weighted by atomic mass is 9.47. The average molecular weight is 1510 g/mol. The lowest BCUT2D eigenvalue weighted by Gasteiger charge is -2.60. The number of rotatable bonds is 11. The van der Waals surface area contributed by atoms with Crippen molar-refractivity contribution >= 4 is 52.2 Å². The lowest BCUT2D eigenvalue weighted by molar-refractivity contribution is -0.385. The number of hydrogen-bond acceptors (Lipinski definition) is 8. The van der Waals surface area contributed by atoms with Gasteiger partial charge in [-0.1, -0.05) is 85.0 Å². The molecular weight excluding hydrogens is 1390 g/mol. The van der Waals surface area contributed by atoms with E-state index in [1.807, 2.05) is 47.4 Å². The molecule has 20 bridgehead atoms. The molecule has 30 rings (SSSR count). The number of nitro groups is 1. The summed E-state index contributed by atoms with van der Waals surface area (Å²) in [7, 11) is 0. The van der Waals surface area contributed by atoms with Crippen molar-refractivity contribution in [1.82, 2.24) is 24.5 Å². The van der Waals surface area contributed by atoms with Gasteiger partial charge in [-0.15, -0.1) is 0 Å². The van der Waals surface area contributed by atoms with Crippen LogP contribution < -0.4 is 5.73 Å². The molecule has 0 aromatic heterocycles. The maximum Gasteiger partial charge on any atom is 0.275 e. The number of benzene rings is 5. The van der Waals surface area contributed by atoms with Crippen LogP contribution in [-0.4, -0.2) is 89.8 Å². The van der Waals surface area contributed by atoms with E-state index >= 15 is 0 Å². The predicted molar refractivity (Wildman–Crippen MR) is 437 cm³/mol. The Kier molecular flexibility index (Phi) is 17.5. The first-order chi connectivity index (χ1) is 53.6. The van der Waals surface area contributed by atoms with E-state index in [0.717, 1.165) is 168 Å². The normalized spacial score (nSPS) is 39.0. The molecule has 5 aromatic carbocycles. The van der Waals surface area contributed by atoms with Crippen molar-refractivity contribution < 1.29 is 24.1 Å². The topological polar surface area (TPSA) is 154 Å². The number of fused-ring (bicyclic) bond motifs is 5. The van der Waals surface area contributed by atoms with Crippen LogP contribution in [0.4, 0.5) is 11.4 Å². The van der Waals surface area contributed by atoms with E-state index in [9.17, 15) is 29.3 Å². The molecule has 0 saturated heterocycles. The van der Waals surface area contributed by atoms with Gasteiger partial charge in [-0.05, 0) is 369 Å². The fraction of sp³-hybridized carbons (Fsp3) is 0.639. The molecule has 14 heteroatoms. The van der Waals surface area contributed by atoms with E-state index in [-0.39, 0.29) is 39.7 Å². The van der Waals surface area contributed by atoms with Crippen LogP contribution in [0.1, 0.15) is 281 Å². The number of carbonyl (C=O) groups excluding carboxylic acids is 4. The number of nitro benzene ring substituents is 1. The highest BCUT2D eigenvalue weighted by Crippen LogP contribution is 2.67. The quantitative estimate of drug-likeness (QED) is 0.0589. The second kappa shape index (κ2) is 27.1. The Balaban J connectivity index is 0.0000000879. The van der Waals surface area contributed by atoms with Crippen LogP contribution >= 0.6 is 12.2 Å². The van der Waals surface area contributed by atoms with Gasteiger partial charge in [-0.25, -0.2) is 0 Å². The van der Waals surface area contributed by atoms with E-state index in [2.05, 4.69) is 82.0 Å². The van der Waals surface area contributed by atoms with Gasteiger partial charge in [0.25, 0.3) is 29.3 Å². The van der Waals surface area contributed by atoms with Gasteiger partial charge >= 0.3 is 0 Å². The Labute approximate surface area is 664 Å². The number of carbonyl (C=O) groups is 4. The maximum atomic E-state index is 12.9. The maximum absolute atomic E-state index is 12.9. The zero-order chi connectivity index (χ0) is 75.2. The first-order valence-corrected chi connectivity index (χ1v) is 44.9. The summed E-state index contributed by atoms with van der Waals surface area (Å²) in [6.45, 7) is 11.4. The predicted octanol–water partition coefficient (Wildman–Crippen LogP) is 20.1. The van der Waals surface area contributed by atoms with Gasteiger partial charge in [0.2, 0.25) is 0 Å². The third-order valence-corrected chi connectivity index (χ3v) is 35.3. The Morgan fingerprint density at radius 3 is 1.02 bits per heavy atom. The second-order valence-corrected chi connectivity index (χ2v) is 42.8. The molecule has 0 spiro atoms. The second-order valence-electron chi connectivity index (χ2n) is 42.4. The number of amides is 4. The van der Waals surface area contributed by atoms with Crippen LogP contribution in [0.2, 0.25) is 0 Å². The van der Waals surface area contributed by atoms with Crippen LogP contribution in [-0.2, 0) is 32.7 Å². The van der Waals surface area contributed by atoms with Crippen LogP contribution in [0.25, 0.3) is 0 Å². The van der Waals surface area contributed by atoms with E-state index in [0.29, 0.717) is 51.4 Å². The molecule has 25 aliphatic rings. The van der Waals surface area contributed by atoms with Gasteiger partial charge in [-0.3, -0.25) is 29.3 Å². The number of nitrogens with two attached hydrogens (primary N) is 1. The summed E-state index contributed by atoms with van der Waals surface area (Å²) in [5, 5.41) is 11.3. The van der Waals surface area contributed by atoms with Gasteiger partial charge in [0.1, 0.15) is 4.99 Å². The zero-order valence-corrected chi connectivity index (χ0v) is 67.0. The Morgan fingerprint density at radius 2 is 0.649 bits per heavy atom. The van der Waals surface area contributed by atoms with E-state index < -0.39 is 0 Å². The fourth-order valence-electron chi connectivity index (χ4n) is 32.5. The molecule has 0 radical (unpaired) electrons. The molecule has 5 aromatic rings. The summed E-state index contributed by atoms with van der Waals surface area (Å²) in [5.41, 5.74) is 19.2. The molecular formula is C97H119N7O6S. The summed E-state index contributed by atoms with van der Waals surface area (Å²) in [6.07, 6.45) is 42.5. The number of anilines is 1. The summed E-state index contributed by atoms with van der Waals surface area (Å²) < 4.78 is 0. The van der Waals surface area contributed by atoms with E-state index in [4.69, 9.17) is 18.0 Å². The van der Waals surface area contributed by atoms with Crippen LogP contribution in [0.3, 0.4) is 0 Å². The zero-order valence-electron chi connectivity index (χ0n) is 66.2. The highest BCUT2D eigenvalue weighted by atomic mass is 32.1. The average Bonchev–Trinajstić information content (AvgIpc) is 1.72. The van der Waals surface area contributed by atoms with Crippen molar-refractivity contribution in [2.75, 3.05) is 25.4 Å². The minimum absolute atomic E-state index is 0.00977. The fourth-order valence-corrected chi connectivity index (χ4v) is 33.0. The summed E-state index contributed by atoms with van der Waals surface area (Å²) >= 11 is 5.85. The number of thiocarbonyl (C=S) groups is 1. The van der Waals surface area contributed by atoms with Crippen molar-refractivity contribution in [3.05, 3.63) is 175 Å². The highest BCUT2D eigenvalue weighted by molar-refractivity contribution is 7.80. The number of hydrogen-bond donors (Lipinski definition) is 1. The Morgan fingerprint density at radius 1 is 0.360 bits per heavy atom. The van der Waals surface area contributed by atoms with Gasteiger partial charge in [-0.2, -0.15) is 0 Å². The Bertz CT molecular complexity index is 4310. The molecule has 4 amide bonds. The molecule has 5 aliphatic heterocycles. The van der Waals surface area contributed by atoms with Crippen molar-refractivity contribution in [3.63, 3.8) is 0 Å². The number of nitrogen functional groups attached to an aromatic ring is 1. The third-order valence-electron chi connectivity index (χ3n) is 34.8. The lowest BCUT2D eigenvalue weighted by Crippen LogP contribution is -2.55. The van der Waals surface area contributed by atoms with Crippen LogP contribution in [0, 0.1) is 126 Å². The van der Waals surface area contributed by atoms with Gasteiger partial charge in [0, 0.05) is 97.5 Å². The summed E-state index contributed by atoms with van der Waals surface area (Å²) in [5.74, 6) is 15.0. The molecule has 13 nitrogen and oxygen atoms in total. The first kappa shape index (κ1) is 71.8. The molecule has 584 valence electrons. The summed E-state index contributed by atoms with van der Waals surface area (Å²) in [6, 6.07) is 36.8. The smallest absolute Gasteiger partial charge is 0.275 e. The van der Waals surface area contributed by atoms with Gasteiger partial charge < -0.3 is 30.2 Å². The van der Waals surface area contributed by atoms with Crippen molar-refractivity contribution in [3.8, 4) is 0 Å². The minimum atomic E-state index is -0.361. The summed E-state index contributed by atoms with van der Waals surface area (Å²) in [4.78, 5) is 73.9. The monoisotopic (exact) mass is 1510 g/mol. The first-order valence-electron chi connectivity index (χ1n) is 44.5. The van der Waals surface area contributed by atoms with Crippen LogP contribution in [0.5, 0.6) is 0 Å². The molecule has 2 N–H and O–H groups in total. The molecule has 2 atom stereocenters. The van der Waals surface area contributed by atoms with Gasteiger partial charge in [0.15, 0.2) is 0 Å². The SMILES string of the molecule is CC(N1Cc2ccccc2C1=O)C12CC3CC(CC(C3)C1)C2.CC(N1Cc2ccccc2C1=S)C12CC3CC(CC(C3)C1)C2.Nc1cccc2c1CN(CC13CC4CC(CC(C4)C1)C3)C2=O.O=C1c2cccc([N+](=O)[O-])c2CN1CC12CC3CC(CC(C3)C1)C2.O=C1c2ccccc2CN1CC12CC3CC(CC(C3)C1)C2. The molecule has 20 aliphatic carbocycles. The number of nitrogens with zero attached hydrogens (tertiary/aromatic N) is 6. The molecule has 111 heavy (non-hydrogen) atoms. The van der Waals surface area contributed by atoms with Crippen molar-refractivity contribution in [2.24, 2.45) is 116 Å². The van der Waals surface area contributed by atoms with E-state index in [1.54, 1.807) is 12.1 Å². The van der Waals surface area contributed by atoms with Crippen LogP contribution in [0.15, 0.2) is 109 Å². The van der Waals surface area contributed by atoms with Gasteiger partial charge in [0.05, 0.1) is 22.6 Å². The molecule has 5 heterocycles. The molecule has 20 saturated carbocycles. The van der Waals surface area contributed by atoms with Crippen molar-refractivity contribution in [2.45, 2.75) is 251 Å². The van der Waals surface area contributed by atoms with E-state index in [1.165, 1.54) is 221 Å². The van der Waals surface area contributed by atoms with Crippen molar-refractivity contribution in [1.29, 1.82) is 0 Å². The largest absolute Gasteiger partial charge is 0.398 e. The molecule has 20 fully saturated rings.